The molecule has 7 nitrogen and oxygen atoms in total. The van der Waals surface area contributed by atoms with E-state index in [1.54, 1.807) is 0 Å². The topological polar surface area (TPSA) is 94.9 Å². The van der Waals surface area contributed by atoms with Gasteiger partial charge in [0.05, 0.1) is 24.0 Å². The van der Waals surface area contributed by atoms with Crippen molar-refractivity contribution in [2.24, 2.45) is 0 Å². The van der Waals surface area contributed by atoms with Crippen LogP contribution >= 0.6 is 11.6 Å². The van der Waals surface area contributed by atoms with E-state index in [9.17, 15) is 8.42 Å². The van der Waals surface area contributed by atoms with E-state index in [0.717, 1.165) is 24.8 Å². The Morgan fingerprint density at radius 3 is 2.59 bits per heavy atom. The Morgan fingerprint density at radius 1 is 1.27 bits per heavy atom. The van der Waals surface area contributed by atoms with E-state index in [1.807, 2.05) is 0 Å². The fourth-order valence-electron chi connectivity index (χ4n) is 2.15. The molecule has 1 saturated carbocycles. The van der Waals surface area contributed by atoms with E-state index in [0.29, 0.717) is 17.4 Å². The number of ether oxygens (including phenoxy) is 1. The normalized spacial score (nSPS) is 14.9. The lowest BCUT2D eigenvalue weighted by Crippen LogP contribution is -2.07. The first kappa shape index (κ1) is 15.1. The molecule has 0 saturated heterocycles. The zero-order valence-electron chi connectivity index (χ0n) is 11.9. The minimum atomic E-state index is -3.57. The van der Waals surface area contributed by atoms with E-state index >= 15 is 0 Å². The third-order valence-corrected chi connectivity index (χ3v) is 4.69. The SMILES string of the molecule is COc1ncnc(C2CC2)c1-c1ncc(Cl)c(S(C)(=O)=O)n1. The molecular formula is C13H13ClN4O3S. The lowest BCUT2D eigenvalue weighted by atomic mass is 10.1. The maximum atomic E-state index is 11.8. The van der Waals surface area contributed by atoms with E-state index in [2.05, 4.69) is 19.9 Å². The van der Waals surface area contributed by atoms with Gasteiger partial charge in [0.15, 0.2) is 20.7 Å². The van der Waals surface area contributed by atoms with Crippen LogP contribution in [-0.4, -0.2) is 41.7 Å². The van der Waals surface area contributed by atoms with Gasteiger partial charge in [-0.1, -0.05) is 11.6 Å². The lowest BCUT2D eigenvalue weighted by molar-refractivity contribution is 0.397. The summed E-state index contributed by atoms with van der Waals surface area (Å²) in [5.74, 6) is 0.815. The van der Waals surface area contributed by atoms with Crippen LogP contribution in [0.25, 0.3) is 11.4 Å². The molecule has 0 amide bonds. The van der Waals surface area contributed by atoms with Crippen molar-refractivity contribution in [3.63, 3.8) is 0 Å². The van der Waals surface area contributed by atoms with Gasteiger partial charge in [0.2, 0.25) is 5.88 Å². The summed E-state index contributed by atoms with van der Waals surface area (Å²) in [6, 6.07) is 0. The van der Waals surface area contributed by atoms with E-state index in [4.69, 9.17) is 16.3 Å². The molecule has 3 rings (SSSR count). The highest BCUT2D eigenvalue weighted by atomic mass is 35.5. The summed E-state index contributed by atoms with van der Waals surface area (Å²) in [6.45, 7) is 0. The van der Waals surface area contributed by atoms with Crippen molar-refractivity contribution < 1.29 is 13.2 Å². The first-order chi connectivity index (χ1) is 10.4. The van der Waals surface area contributed by atoms with Gasteiger partial charge >= 0.3 is 0 Å². The van der Waals surface area contributed by atoms with Crippen molar-refractivity contribution in [3.8, 4) is 17.3 Å². The molecule has 1 aliphatic rings. The van der Waals surface area contributed by atoms with Gasteiger partial charge in [-0.05, 0) is 12.8 Å². The fourth-order valence-corrected chi connectivity index (χ4v) is 3.32. The van der Waals surface area contributed by atoms with Crippen LogP contribution in [0.1, 0.15) is 24.5 Å². The number of methoxy groups -OCH3 is 1. The second-order valence-electron chi connectivity index (χ2n) is 5.04. The molecule has 116 valence electrons. The molecule has 0 atom stereocenters. The standard InChI is InChI=1S/C13H13ClN4O3S/c1-21-12-9(10(7-3-4-7)16-6-17-12)11-15-5-8(14)13(18-11)22(2,19)20/h5-7H,3-4H2,1-2H3. The van der Waals surface area contributed by atoms with Crippen molar-refractivity contribution in [1.82, 2.24) is 19.9 Å². The van der Waals surface area contributed by atoms with Crippen LogP contribution in [-0.2, 0) is 9.84 Å². The molecule has 1 fully saturated rings. The minimum Gasteiger partial charge on any atom is -0.480 e. The van der Waals surface area contributed by atoms with Gasteiger partial charge in [-0.3, -0.25) is 0 Å². The zero-order chi connectivity index (χ0) is 15.9. The second-order valence-corrected chi connectivity index (χ2v) is 7.37. The molecule has 22 heavy (non-hydrogen) atoms. The molecule has 2 aromatic heterocycles. The quantitative estimate of drug-likeness (QED) is 0.784. The second kappa shape index (κ2) is 5.44. The zero-order valence-corrected chi connectivity index (χ0v) is 13.5. The van der Waals surface area contributed by atoms with Gasteiger partial charge in [-0.15, -0.1) is 0 Å². The van der Waals surface area contributed by atoms with E-state index in [1.165, 1.54) is 19.6 Å². The van der Waals surface area contributed by atoms with Crippen molar-refractivity contribution in [2.75, 3.05) is 13.4 Å². The third-order valence-electron chi connectivity index (χ3n) is 3.29. The summed E-state index contributed by atoms with van der Waals surface area (Å²) in [5, 5.41) is -0.234. The van der Waals surface area contributed by atoms with Crippen molar-refractivity contribution in [1.29, 1.82) is 0 Å². The summed E-state index contributed by atoms with van der Waals surface area (Å²) in [4.78, 5) is 16.6. The van der Waals surface area contributed by atoms with Crippen LogP contribution in [0, 0.1) is 0 Å². The maximum absolute atomic E-state index is 11.8. The molecule has 0 radical (unpaired) electrons. The molecule has 0 unspecified atom stereocenters. The van der Waals surface area contributed by atoms with Crippen LogP contribution in [0.15, 0.2) is 17.6 Å². The summed E-state index contributed by atoms with van der Waals surface area (Å²) in [7, 11) is -2.08. The smallest absolute Gasteiger partial charge is 0.227 e. The molecule has 2 heterocycles. The average molecular weight is 341 g/mol. The number of hydrogen-bond acceptors (Lipinski definition) is 7. The van der Waals surface area contributed by atoms with Gasteiger partial charge in [-0.25, -0.2) is 28.4 Å². The molecule has 0 N–H and O–H groups in total. The van der Waals surface area contributed by atoms with Gasteiger partial charge < -0.3 is 4.74 Å². The Bertz CT molecular complexity index is 837. The molecule has 0 bridgehead atoms. The van der Waals surface area contributed by atoms with E-state index in [-0.39, 0.29) is 15.9 Å². The summed E-state index contributed by atoms with van der Waals surface area (Å²) >= 11 is 5.89. The Labute approximate surface area is 132 Å². The molecule has 1 aliphatic carbocycles. The van der Waals surface area contributed by atoms with Crippen LogP contribution < -0.4 is 4.74 Å². The Balaban J connectivity index is 2.24. The molecule has 0 aliphatic heterocycles. The number of nitrogens with zero attached hydrogens (tertiary/aromatic N) is 4. The average Bonchev–Trinajstić information content (AvgIpc) is 3.30. The van der Waals surface area contributed by atoms with Gasteiger partial charge in [0.25, 0.3) is 0 Å². The third kappa shape index (κ3) is 2.76. The number of sulfone groups is 1. The molecule has 2 aromatic rings. The first-order valence-corrected chi connectivity index (χ1v) is 8.80. The van der Waals surface area contributed by atoms with Gasteiger partial charge in [0, 0.05) is 12.2 Å². The predicted octanol–water partition coefficient (Wildman–Crippen LogP) is 1.88. The highest BCUT2D eigenvalue weighted by molar-refractivity contribution is 7.90. The van der Waals surface area contributed by atoms with Crippen molar-refractivity contribution >= 4 is 21.4 Å². The van der Waals surface area contributed by atoms with Crippen LogP contribution in [0.3, 0.4) is 0 Å². The molecule has 0 spiro atoms. The van der Waals surface area contributed by atoms with Gasteiger partial charge in [-0.2, -0.15) is 0 Å². The molecule has 0 aromatic carbocycles. The molecular weight excluding hydrogens is 328 g/mol. The Kier molecular flexibility index (Phi) is 3.73. The lowest BCUT2D eigenvalue weighted by Gasteiger charge is -2.11. The highest BCUT2D eigenvalue weighted by Gasteiger charge is 2.31. The maximum Gasteiger partial charge on any atom is 0.227 e. The summed E-state index contributed by atoms with van der Waals surface area (Å²) in [6.07, 6.45) is 5.76. The highest BCUT2D eigenvalue weighted by Crippen LogP contribution is 2.44. The number of hydrogen-bond donors (Lipinski definition) is 0. The minimum absolute atomic E-state index is 0.0185. The summed E-state index contributed by atoms with van der Waals surface area (Å²) in [5.41, 5.74) is 1.29. The first-order valence-electron chi connectivity index (χ1n) is 6.53. The van der Waals surface area contributed by atoms with Gasteiger partial charge in [0.1, 0.15) is 11.9 Å². The molecule has 9 heteroatoms. The monoisotopic (exact) mass is 340 g/mol. The van der Waals surface area contributed by atoms with Crippen LogP contribution in [0.4, 0.5) is 0 Å². The predicted molar refractivity (Wildman–Crippen MR) is 79.7 cm³/mol. The van der Waals surface area contributed by atoms with E-state index < -0.39 is 9.84 Å². The Hall–Kier alpha value is -1.80. The largest absolute Gasteiger partial charge is 0.480 e. The fraction of sp³-hybridized carbons (Fsp3) is 0.385. The van der Waals surface area contributed by atoms with Crippen molar-refractivity contribution in [2.45, 2.75) is 23.8 Å². The Morgan fingerprint density at radius 2 is 2.00 bits per heavy atom. The number of aromatic nitrogens is 4. The number of halogens is 1. The van der Waals surface area contributed by atoms with Crippen LogP contribution in [0.2, 0.25) is 5.02 Å². The van der Waals surface area contributed by atoms with Crippen molar-refractivity contribution in [3.05, 3.63) is 23.2 Å². The van der Waals surface area contributed by atoms with Crippen LogP contribution in [0.5, 0.6) is 5.88 Å². The number of rotatable bonds is 4. The summed E-state index contributed by atoms with van der Waals surface area (Å²) < 4.78 is 28.8.